The Balaban J connectivity index is 2.01. The van der Waals surface area contributed by atoms with Crippen molar-refractivity contribution in [1.82, 2.24) is 4.90 Å². The minimum absolute atomic E-state index is 0.220. The van der Waals surface area contributed by atoms with Crippen molar-refractivity contribution in [1.29, 1.82) is 0 Å². The third-order valence-corrected chi connectivity index (χ3v) is 3.21. The van der Waals surface area contributed by atoms with E-state index in [0.29, 0.717) is 0 Å². The number of likely N-dealkylation sites (N-methyl/N-ethyl adjacent to an activating group) is 1. The summed E-state index contributed by atoms with van der Waals surface area (Å²) in [4.78, 5) is 2.26. The summed E-state index contributed by atoms with van der Waals surface area (Å²) >= 11 is 0. The topological polar surface area (TPSA) is 16.4 Å². The van der Waals surface area contributed by atoms with Gasteiger partial charge in [0, 0.05) is 18.5 Å². The maximum absolute atomic E-state index is 13.1. The lowest BCUT2D eigenvalue weighted by Crippen LogP contribution is -2.23. The molecule has 0 amide bonds. The highest BCUT2D eigenvalue weighted by Gasteiger charge is 2.13. The van der Waals surface area contributed by atoms with E-state index in [2.05, 4.69) is 18.0 Å². The number of hydrogen-bond donors (Lipinski definition) is 0. The summed E-state index contributed by atoms with van der Waals surface area (Å²) in [6, 6.07) is 6.55. The summed E-state index contributed by atoms with van der Waals surface area (Å²) < 4.78 is 18.8. The Bertz CT molecular complexity index is 585. The van der Waals surface area contributed by atoms with E-state index in [-0.39, 0.29) is 5.82 Å². The Labute approximate surface area is 99.3 Å². The lowest BCUT2D eigenvalue weighted by molar-refractivity contribution is 0.368. The molecule has 1 aromatic heterocycles. The van der Waals surface area contributed by atoms with Gasteiger partial charge in [-0.05, 0) is 43.3 Å². The number of rotatable bonds is 1. The van der Waals surface area contributed by atoms with Crippen LogP contribution in [0.2, 0.25) is 0 Å². The highest BCUT2D eigenvalue weighted by atomic mass is 19.1. The third-order valence-electron chi connectivity index (χ3n) is 3.21. The second-order valence-corrected chi connectivity index (χ2v) is 4.53. The van der Waals surface area contributed by atoms with Crippen LogP contribution >= 0.6 is 0 Å². The van der Waals surface area contributed by atoms with Crippen LogP contribution in [-0.2, 0) is 0 Å². The average Bonchev–Trinajstić information content (AvgIpc) is 2.72. The number of halogens is 1. The molecule has 1 aliphatic rings. The lowest BCUT2D eigenvalue weighted by atomic mass is 10.1. The van der Waals surface area contributed by atoms with Gasteiger partial charge in [0.1, 0.15) is 17.2 Å². The van der Waals surface area contributed by atoms with Gasteiger partial charge in [0.05, 0.1) is 0 Å². The van der Waals surface area contributed by atoms with Crippen LogP contribution in [0, 0.1) is 5.82 Å². The number of nitrogens with zero attached hydrogens (tertiary/aromatic N) is 1. The van der Waals surface area contributed by atoms with Crippen LogP contribution in [0.4, 0.5) is 4.39 Å². The van der Waals surface area contributed by atoms with E-state index in [4.69, 9.17) is 4.42 Å². The molecule has 0 bridgehead atoms. The SMILES string of the molecule is CN1CC=C(c2cc3cc(F)ccc3o2)CC1. The zero-order chi connectivity index (χ0) is 11.8. The van der Waals surface area contributed by atoms with Gasteiger partial charge in [-0.1, -0.05) is 6.08 Å². The van der Waals surface area contributed by atoms with Crippen molar-refractivity contribution in [2.45, 2.75) is 6.42 Å². The fourth-order valence-electron chi connectivity index (χ4n) is 2.17. The molecule has 2 aromatic rings. The summed E-state index contributed by atoms with van der Waals surface area (Å²) in [6.45, 7) is 1.98. The molecule has 0 saturated heterocycles. The first-order chi connectivity index (χ1) is 8.22. The highest BCUT2D eigenvalue weighted by Crippen LogP contribution is 2.28. The molecule has 0 atom stereocenters. The predicted molar refractivity (Wildman–Crippen MR) is 66.3 cm³/mol. The number of fused-ring (bicyclic) bond motifs is 1. The summed E-state index contributed by atoms with van der Waals surface area (Å²) in [5.74, 6) is 0.654. The van der Waals surface area contributed by atoms with E-state index in [0.717, 1.165) is 36.2 Å². The minimum atomic E-state index is -0.220. The molecule has 0 aliphatic carbocycles. The smallest absolute Gasteiger partial charge is 0.135 e. The Kier molecular flexibility index (Phi) is 2.48. The molecule has 3 heteroatoms. The van der Waals surface area contributed by atoms with E-state index in [9.17, 15) is 4.39 Å². The van der Waals surface area contributed by atoms with Crippen LogP contribution in [0.1, 0.15) is 12.2 Å². The molecule has 0 N–H and O–H groups in total. The molecular weight excluding hydrogens is 217 g/mol. The quantitative estimate of drug-likeness (QED) is 0.748. The molecule has 17 heavy (non-hydrogen) atoms. The summed E-state index contributed by atoms with van der Waals surface area (Å²) in [7, 11) is 2.10. The number of hydrogen-bond acceptors (Lipinski definition) is 2. The maximum atomic E-state index is 13.1. The maximum Gasteiger partial charge on any atom is 0.135 e. The zero-order valence-corrected chi connectivity index (χ0v) is 9.74. The van der Waals surface area contributed by atoms with Gasteiger partial charge >= 0.3 is 0 Å². The first-order valence-electron chi connectivity index (χ1n) is 5.79. The van der Waals surface area contributed by atoms with Crippen molar-refractivity contribution < 1.29 is 8.81 Å². The highest BCUT2D eigenvalue weighted by molar-refractivity contribution is 5.82. The molecule has 3 rings (SSSR count). The van der Waals surface area contributed by atoms with Gasteiger partial charge in [-0.3, -0.25) is 0 Å². The monoisotopic (exact) mass is 231 g/mol. The van der Waals surface area contributed by atoms with Gasteiger partial charge in [-0.25, -0.2) is 4.39 Å². The van der Waals surface area contributed by atoms with Crippen molar-refractivity contribution in [2.24, 2.45) is 0 Å². The van der Waals surface area contributed by atoms with Gasteiger partial charge in [-0.15, -0.1) is 0 Å². The minimum Gasteiger partial charge on any atom is -0.456 e. The summed E-state index contributed by atoms with van der Waals surface area (Å²) in [5.41, 5.74) is 1.97. The van der Waals surface area contributed by atoms with Gasteiger partial charge in [-0.2, -0.15) is 0 Å². The molecular formula is C14H14FNO. The van der Waals surface area contributed by atoms with Crippen molar-refractivity contribution in [3.05, 3.63) is 41.9 Å². The Morgan fingerprint density at radius 1 is 1.29 bits per heavy atom. The van der Waals surface area contributed by atoms with Gasteiger partial charge in [0.15, 0.2) is 0 Å². The van der Waals surface area contributed by atoms with Crippen LogP contribution in [0.25, 0.3) is 16.5 Å². The second kappa shape index (κ2) is 4.00. The number of furan rings is 1. The van der Waals surface area contributed by atoms with Crippen molar-refractivity contribution >= 4 is 16.5 Å². The normalized spacial score (nSPS) is 17.4. The van der Waals surface area contributed by atoms with Crippen molar-refractivity contribution in [3.63, 3.8) is 0 Å². The van der Waals surface area contributed by atoms with Crippen LogP contribution in [0.15, 0.2) is 34.8 Å². The fourth-order valence-corrected chi connectivity index (χ4v) is 2.17. The summed E-state index contributed by atoms with van der Waals surface area (Å²) in [6.07, 6.45) is 3.16. The largest absolute Gasteiger partial charge is 0.456 e. The van der Waals surface area contributed by atoms with Crippen LogP contribution in [-0.4, -0.2) is 25.0 Å². The van der Waals surface area contributed by atoms with E-state index in [1.807, 2.05) is 6.07 Å². The Hall–Kier alpha value is -1.61. The van der Waals surface area contributed by atoms with E-state index < -0.39 is 0 Å². The van der Waals surface area contributed by atoms with Crippen molar-refractivity contribution in [2.75, 3.05) is 20.1 Å². The molecule has 1 aliphatic heterocycles. The standard InChI is InChI=1S/C14H14FNO/c1-16-6-4-10(5-7-16)14-9-11-8-12(15)2-3-13(11)17-14/h2-4,8-9H,5-7H2,1H3. The van der Waals surface area contributed by atoms with E-state index in [1.165, 1.54) is 17.7 Å². The van der Waals surface area contributed by atoms with Gasteiger partial charge < -0.3 is 9.32 Å². The fraction of sp³-hybridized carbons (Fsp3) is 0.286. The van der Waals surface area contributed by atoms with Crippen LogP contribution in [0.5, 0.6) is 0 Å². The molecule has 0 unspecified atom stereocenters. The first kappa shape index (κ1) is 10.5. The third kappa shape index (κ3) is 1.98. The summed E-state index contributed by atoms with van der Waals surface area (Å²) in [5, 5.41) is 0.833. The Morgan fingerprint density at radius 2 is 2.18 bits per heavy atom. The average molecular weight is 231 g/mol. The van der Waals surface area contributed by atoms with E-state index >= 15 is 0 Å². The first-order valence-corrected chi connectivity index (χ1v) is 5.79. The molecule has 0 saturated carbocycles. The Morgan fingerprint density at radius 3 is 2.94 bits per heavy atom. The zero-order valence-electron chi connectivity index (χ0n) is 9.74. The van der Waals surface area contributed by atoms with Gasteiger partial charge in [0.2, 0.25) is 0 Å². The molecule has 0 spiro atoms. The lowest BCUT2D eigenvalue weighted by Gasteiger charge is -2.20. The van der Waals surface area contributed by atoms with Crippen molar-refractivity contribution in [3.8, 4) is 0 Å². The molecule has 2 heterocycles. The van der Waals surface area contributed by atoms with Crippen LogP contribution in [0.3, 0.4) is 0 Å². The predicted octanol–water partition coefficient (Wildman–Crippen LogP) is 3.29. The van der Waals surface area contributed by atoms with E-state index in [1.54, 1.807) is 6.07 Å². The number of benzene rings is 1. The molecule has 1 aromatic carbocycles. The second-order valence-electron chi connectivity index (χ2n) is 4.53. The molecule has 0 radical (unpaired) electrons. The van der Waals surface area contributed by atoms with Crippen LogP contribution < -0.4 is 0 Å². The molecule has 2 nitrogen and oxygen atoms in total. The molecule has 0 fully saturated rings. The van der Waals surface area contributed by atoms with Gasteiger partial charge in [0.25, 0.3) is 0 Å². The molecule has 88 valence electrons.